The Bertz CT molecular complexity index is 527. The van der Waals surface area contributed by atoms with Crippen molar-refractivity contribution in [2.45, 2.75) is 13.0 Å². The van der Waals surface area contributed by atoms with E-state index in [1.807, 2.05) is 36.4 Å². The third-order valence-electron chi connectivity index (χ3n) is 2.95. The molecule has 17 heavy (non-hydrogen) atoms. The summed E-state index contributed by atoms with van der Waals surface area (Å²) < 4.78 is 5.77. The summed E-state index contributed by atoms with van der Waals surface area (Å²) in [6.07, 6.45) is 0.811. The van der Waals surface area contributed by atoms with Crippen LogP contribution in [-0.4, -0.2) is 0 Å². The zero-order valence-corrected chi connectivity index (χ0v) is 10.6. The van der Waals surface area contributed by atoms with Crippen molar-refractivity contribution in [3.63, 3.8) is 0 Å². The molecular formula is C14H10Cl2O. The third-order valence-corrected chi connectivity index (χ3v) is 3.43. The highest BCUT2D eigenvalue weighted by Gasteiger charge is 2.14. The van der Waals surface area contributed by atoms with E-state index in [-0.39, 0.29) is 0 Å². The molecule has 0 radical (unpaired) electrons. The van der Waals surface area contributed by atoms with Crippen LogP contribution in [0.3, 0.4) is 0 Å². The summed E-state index contributed by atoms with van der Waals surface area (Å²) in [5, 5.41) is 1.49. The minimum Gasteiger partial charge on any atom is -0.489 e. The van der Waals surface area contributed by atoms with E-state index in [2.05, 4.69) is 0 Å². The Kier molecular flexibility index (Phi) is 2.73. The van der Waals surface area contributed by atoms with Crippen molar-refractivity contribution < 1.29 is 4.74 Å². The van der Waals surface area contributed by atoms with Gasteiger partial charge in [0, 0.05) is 16.5 Å². The molecule has 0 aliphatic carbocycles. The lowest BCUT2D eigenvalue weighted by Crippen LogP contribution is -1.95. The van der Waals surface area contributed by atoms with Gasteiger partial charge in [-0.1, -0.05) is 29.3 Å². The van der Waals surface area contributed by atoms with Crippen LogP contribution >= 0.6 is 23.2 Å². The average Bonchev–Trinajstić information content (AvgIpc) is 2.46. The first-order chi connectivity index (χ1) is 8.22. The molecule has 0 saturated carbocycles. The summed E-state index contributed by atoms with van der Waals surface area (Å²) in [5.41, 5.74) is 3.50. The molecule has 1 heterocycles. The van der Waals surface area contributed by atoms with Crippen LogP contribution in [-0.2, 0) is 13.0 Å². The van der Waals surface area contributed by atoms with Crippen LogP contribution in [0.5, 0.6) is 5.75 Å². The predicted molar refractivity (Wildman–Crippen MR) is 70.0 cm³/mol. The van der Waals surface area contributed by atoms with Crippen LogP contribution in [0, 0.1) is 0 Å². The van der Waals surface area contributed by atoms with Gasteiger partial charge in [0.15, 0.2) is 0 Å². The monoisotopic (exact) mass is 264 g/mol. The largest absolute Gasteiger partial charge is 0.489 e. The number of benzene rings is 2. The summed E-state index contributed by atoms with van der Waals surface area (Å²) in [7, 11) is 0. The fraction of sp³-hybridized carbons (Fsp3) is 0.143. The maximum Gasteiger partial charge on any atom is 0.123 e. The van der Waals surface area contributed by atoms with Gasteiger partial charge in [0.1, 0.15) is 12.4 Å². The quantitative estimate of drug-likeness (QED) is 0.682. The number of hydrogen-bond donors (Lipinski definition) is 0. The Hall–Kier alpha value is -1.18. The van der Waals surface area contributed by atoms with Crippen LogP contribution < -0.4 is 4.74 Å². The lowest BCUT2D eigenvalue weighted by molar-refractivity contribution is 0.307. The minimum atomic E-state index is 0.584. The van der Waals surface area contributed by atoms with Gasteiger partial charge in [-0.15, -0.1) is 0 Å². The molecule has 2 aromatic carbocycles. The molecule has 3 rings (SSSR count). The summed E-state index contributed by atoms with van der Waals surface area (Å²) >= 11 is 12.0. The Morgan fingerprint density at radius 1 is 0.824 bits per heavy atom. The molecule has 0 saturated heterocycles. The SMILES string of the molecule is Clc1ccc2c(c1)Cc1cc(Cl)ccc1OC2. The predicted octanol–water partition coefficient (Wildman–Crippen LogP) is 4.48. The van der Waals surface area contributed by atoms with Gasteiger partial charge in [-0.25, -0.2) is 0 Å². The van der Waals surface area contributed by atoms with Crippen molar-refractivity contribution in [1.82, 2.24) is 0 Å². The minimum absolute atomic E-state index is 0.584. The van der Waals surface area contributed by atoms with Crippen molar-refractivity contribution in [1.29, 1.82) is 0 Å². The summed E-state index contributed by atoms with van der Waals surface area (Å²) in [6.45, 7) is 0.584. The molecule has 0 N–H and O–H groups in total. The second-order valence-corrected chi connectivity index (χ2v) is 5.00. The summed E-state index contributed by atoms with van der Waals surface area (Å²) in [4.78, 5) is 0. The first-order valence-electron chi connectivity index (χ1n) is 5.41. The fourth-order valence-corrected chi connectivity index (χ4v) is 2.48. The standard InChI is InChI=1S/C14H10Cl2O/c15-12-2-1-9-8-17-14-4-3-13(16)7-11(14)5-10(9)6-12/h1-4,6-7H,5,8H2. The van der Waals surface area contributed by atoms with E-state index in [1.165, 1.54) is 11.1 Å². The second kappa shape index (κ2) is 4.25. The van der Waals surface area contributed by atoms with Crippen molar-refractivity contribution in [2.24, 2.45) is 0 Å². The highest BCUT2D eigenvalue weighted by molar-refractivity contribution is 6.31. The summed E-state index contributed by atoms with van der Waals surface area (Å²) in [5.74, 6) is 0.904. The van der Waals surface area contributed by atoms with E-state index < -0.39 is 0 Å². The highest BCUT2D eigenvalue weighted by Crippen LogP contribution is 2.31. The Labute approximate surface area is 110 Å². The van der Waals surface area contributed by atoms with E-state index in [4.69, 9.17) is 27.9 Å². The Balaban J connectivity index is 2.10. The van der Waals surface area contributed by atoms with E-state index in [1.54, 1.807) is 0 Å². The third kappa shape index (κ3) is 2.13. The molecule has 1 nitrogen and oxygen atoms in total. The second-order valence-electron chi connectivity index (χ2n) is 4.13. The Morgan fingerprint density at radius 2 is 1.53 bits per heavy atom. The van der Waals surface area contributed by atoms with E-state index in [9.17, 15) is 0 Å². The molecule has 2 aromatic rings. The van der Waals surface area contributed by atoms with Crippen molar-refractivity contribution in [2.75, 3.05) is 0 Å². The van der Waals surface area contributed by atoms with Crippen molar-refractivity contribution in [3.05, 3.63) is 63.1 Å². The zero-order valence-electron chi connectivity index (χ0n) is 9.04. The topological polar surface area (TPSA) is 9.23 Å². The van der Waals surface area contributed by atoms with Gasteiger partial charge in [-0.05, 0) is 47.0 Å². The van der Waals surface area contributed by atoms with Crippen LogP contribution in [0.1, 0.15) is 16.7 Å². The van der Waals surface area contributed by atoms with Crippen LogP contribution in [0.25, 0.3) is 0 Å². The molecule has 0 fully saturated rings. The molecule has 0 unspecified atom stereocenters. The van der Waals surface area contributed by atoms with Crippen molar-refractivity contribution >= 4 is 23.2 Å². The molecular weight excluding hydrogens is 255 g/mol. The van der Waals surface area contributed by atoms with Crippen LogP contribution in [0.2, 0.25) is 10.0 Å². The maximum absolute atomic E-state index is 6.02. The van der Waals surface area contributed by atoms with Gasteiger partial charge in [0.25, 0.3) is 0 Å². The first kappa shape index (κ1) is 10.9. The van der Waals surface area contributed by atoms with E-state index >= 15 is 0 Å². The number of rotatable bonds is 0. The molecule has 86 valence electrons. The average molecular weight is 265 g/mol. The van der Waals surface area contributed by atoms with E-state index in [0.29, 0.717) is 6.61 Å². The molecule has 0 atom stereocenters. The van der Waals surface area contributed by atoms with Crippen LogP contribution in [0.15, 0.2) is 36.4 Å². The van der Waals surface area contributed by atoms with Gasteiger partial charge < -0.3 is 4.74 Å². The molecule has 0 aromatic heterocycles. The molecule has 3 heteroatoms. The number of hydrogen-bond acceptors (Lipinski definition) is 1. The number of fused-ring (bicyclic) bond motifs is 2. The van der Waals surface area contributed by atoms with Gasteiger partial charge >= 0.3 is 0 Å². The molecule has 0 amide bonds. The normalized spacial score (nSPS) is 13.3. The van der Waals surface area contributed by atoms with Crippen molar-refractivity contribution in [3.8, 4) is 5.75 Å². The zero-order chi connectivity index (χ0) is 11.8. The van der Waals surface area contributed by atoms with E-state index in [0.717, 1.165) is 27.8 Å². The maximum atomic E-state index is 6.02. The van der Waals surface area contributed by atoms with Gasteiger partial charge in [0.2, 0.25) is 0 Å². The van der Waals surface area contributed by atoms with Gasteiger partial charge in [0.05, 0.1) is 0 Å². The Morgan fingerprint density at radius 3 is 2.35 bits per heavy atom. The lowest BCUT2D eigenvalue weighted by Gasteiger charge is -2.06. The smallest absolute Gasteiger partial charge is 0.123 e. The molecule has 1 aliphatic heterocycles. The number of ether oxygens (including phenoxy) is 1. The molecule has 0 bridgehead atoms. The molecule has 1 aliphatic rings. The van der Waals surface area contributed by atoms with Gasteiger partial charge in [-0.2, -0.15) is 0 Å². The number of halogens is 2. The first-order valence-corrected chi connectivity index (χ1v) is 6.16. The van der Waals surface area contributed by atoms with Gasteiger partial charge in [-0.3, -0.25) is 0 Å². The fourth-order valence-electron chi connectivity index (χ4n) is 2.09. The van der Waals surface area contributed by atoms with Crippen LogP contribution in [0.4, 0.5) is 0 Å². The lowest BCUT2D eigenvalue weighted by atomic mass is 10.0. The molecule has 0 spiro atoms. The summed E-state index contributed by atoms with van der Waals surface area (Å²) in [6, 6.07) is 11.6. The highest BCUT2D eigenvalue weighted by atomic mass is 35.5.